The molecule has 0 bridgehead atoms. The summed E-state index contributed by atoms with van der Waals surface area (Å²) in [7, 11) is 1.73. The Labute approximate surface area is 51.5 Å². The van der Waals surface area contributed by atoms with Crippen molar-refractivity contribution in [1.82, 2.24) is 0 Å². The summed E-state index contributed by atoms with van der Waals surface area (Å²) >= 11 is 1.99. The van der Waals surface area contributed by atoms with E-state index >= 15 is 0 Å². The van der Waals surface area contributed by atoms with E-state index in [0.29, 0.717) is 0 Å². The van der Waals surface area contributed by atoms with Crippen LogP contribution in [0.15, 0.2) is 0 Å². The molecule has 0 fully saturated rings. The van der Waals surface area contributed by atoms with E-state index in [1.165, 1.54) is 11.0 Å². The van der Waals surface area contributed by atoms with Crippen molar-refractivity contribution in [1.29, 1.82) is 0 Å². The predicted molar refractivity (Wildman–Crippen MR) is 27.1 cm³/mol. The average Bonchev–Trinajstić information content (AvgIpc) is 1.61. The van der Waals surface area contributed by atoms with Crippen molar-refractivity contribution in [2.24, 2.45) is 0 Å². The van der Waals surface area contributed by atoms with Crippen molar-refractivity contribution in [2.75, 3.05) is 13.7 Å². The summed E-state index contributed by atoms with van der Waals surface area (Å²) in [6, 6.07) is 0. The normalized spacial score (nSPS) is 9.17. The SMILES string of the molecule is COCC[CH2][Mg+]. The number of hydrogen-bond donors (Lipinski definition) is 0. The van der Waals surface area contributed by atoms with Gasteiger partial charge in [0.05, 0.1) is 0 Å². The quantitative estimate of drug-likeness (QED) is 0.370. The molecule has 0 spiro atoms. The number of rotatable bonds is 3. The van der Waals surface area contributed by atoms with Gasteiger partial charge in [-0.2, -0.15) is 0 Å². The van der Waals surface area contributed by atoms with Crippen LogP contribution in [0.2, 0.25) is 4.55 Å². The number of ether oxygens (including phenoxy) is 1. The Hall–Kier alpha value is 0.726. The molecule has 0 aromatic heterocycles. The molecule has 32 valence electrons. The molecule has 0 aromatic rings. The molecule has 0 N–H and O–H groups in total. The summed E-state index contributed by atoms with van der Waals surface area (Å²) in [5.41, 5.74) is 0. The Morgan fingerprint density at radius 2 is 2.33 bits per heavy atom. The van der Waals surface area contributed by atoms with Crippen molar-refractivity contribution >= 4 is 21.7 Å². The Morgan fingerprint density at radius 1 is 1.67 bits per heavy atom. The van der Waals surface area contributed by atoms with Crippen molar-refractivity contribution < 1.29 is 4.74 Å². The first kappa shape index (κ1) is 6.73. The first-order valence-corrected chi connectivity index (χ1v) is 3.20. The topological polar surface area (TPSA) is 9.23 Å². The predicted octanol–water partition coefficient (Wildman–Crippen LogP) is 0.610. The standard InChI is InChI=1S/C4H9O.Mg/c1-3-4-5-2;/h1,3-4H2,2H3;/q;+1. The molecule has 0 saturated carbocycles. The second kappa shape index (κ2) is 5.73. The van der Waals surface area contributed by atoms with Gasteiger partial charge in [0.15, 0.2) is 0 Å². The van der Waals surface area contributed by atoms with Crippen molar-refractivity contribution in [3.05, 3.63) is 0 Å². The van der Waals surface area contributed by atoms with E-state index in [2.05, 4.69) is 0 Å². The summed E-state index contributed by atoms with van der Waals surface area (Å²) in [6.45, 7) is 0.920. The van der Waals surface area contributed by atoms with Crippen LogP contribution in [0.4, 0.5) is 0 Å². The third kappa shape index (κ3) is 4.73. The van der Waals surface area contributed by atoms with E-state index in [1.807, 2.05) is 21.7 Å². The van der Waals surface area contributed by atoms with Gasteiger partial charge in [0.2, 0.25) is 0 Å². The van der Waals surface area contributed by atoms with Crippen molar-refractivity contribution in [2.45, 2.75) is 11.0 Å². The van der Waals surface area contributed by atoms with E-state index in [1.54, 1.807) is 7.11 Å². The Bertz CT molecular complexity index is 19.5. The first-order chi connectivity index (χ1) is 2.91. The summed E-state index contributed by atoms with van der Waals surface area (Å²) < 4.78 is 6.04. The second-order valence-electron chi connectivity index (χ2n) is 1.20. The number of methoxy groups -OCH3 is 1. The minimum atomic E-state index is 0.920. The van der Waals surface area contributed by atoms with Gasteiger partial charge in [0.25, 0.3) is 0 Å². The van der Waals surface area contributed by atoms with Crippen molar-refractivity contribution in [3.8, 4) is 0 Å². The van der Waals surface area contributed by atoms with Crippen LogP contribution in [0.25, 0.3) is 0 Å². The zero-order valence-electron chi connectivity index (χ0n) is 4.24. The molecule has 0 unspecified atom stereocenters. The monoisotopic (exact) mass is 97.0 g/mol. The van der Waals surface area contributed by atoms with Crippen LogP contribution in [0.3, 0.4) is 0 Å². The zero-order chi connectivity index (χ0) is 4.83. The van der Waals surface area contributed by atoms with Crippen LogP contribution >= 0.6 is 0 Å². The van der Waals surface area contributed by atoms with Gasteiger partial charge in [-0.1, -0.05) is 0 Å². The van der Waals surface area contributed by atoms with E-state index in [4.69, 9.17) is 4.74 Å². The van der Waals surface area contributed by atoms with Gasteiger partial charge in [-0.05, 0) is 0 Å². The van der Waals surface area contributed by atoms with Gasteiger partial charge in [-0.15, -0.1) is 0 Å². The van der Waals surface area contributed by atoms with Crippen LogP contribution in [0.5, 0.6) is 0 Å². The molecule has 6 heavy (non-hydrogen) atoms. The Kier molecular flexibility index (Phi) is 6.42. The molecule has 0 radical (unpaired) electrons. The van der Waals surface area contributed by atoms with Crippen molar-refractivity contribution in [3.63, 3.8) is 0 Å². The van der Waals surface area contributed by atoms with Crippen LogP contribution in [0, 0.1) is 0 Å². The van der Waals surface area contributed by atoms with Crippen LogP contribution in [-0.2, 0) is 4.74 Å². The van der Waals surface area contributed by atoms with E-state index < -0.39 is 0 Å². The number of hydrogen-bond acceptors (Lipinski definition) is 1. The van der Waals surface area contributed by atoms with E-state index in [9.17, 15) is 0 Å². The Balaban J connectivity index is 2.34. The third-order valence-corrected chi connectivity index (χ3v) is 1.10. The molecule has 0 aliphatic heterocycles. The maximum atomic E-state index is 4.79. The molecule has 2 heteroatoms. The fourth-order valence-electron chi connectivity index (χ4n) is 0.246. The van der Waals surface area contributed by atoms with Gasteiger partial charge in [-0.25, -0.2) is 0 Å². The minimum absolute atomic E-state index is 0.920. The van der Waals surface area contributed by atoms with E-state index in [-0.39, 0.29) is 0 Å². The fourth-order valence-corrected chi connectivity index (χ4v) is 0.451. The molecule has 0 atom stereocenters. The molecule has 0 aromatic carbocycles. The van der Waals surface area contributed by atoms with Gasteiger partial charge < -0.3 is 0 Å². The summed E-state index contributed by atoms with van der Waals surface area (Å²) in [5.74, 6) is 0. The molecule has 0 aliphatic carbocycles. The molecular formula is C4H9MgO+. The maximum absolute atomic E-state index is 4.79. The van der Waals surface area contributed by atoms with Crippen LogP contribution < -0.4 is 0 Å². The molecule has 0 heterocycles. The molecule has 0 rings (SSSR count). The van der Waals surface area contributed by atoms with Gasteiger partial charge in [0, 0.05) is 0 Å². The summed E-state index contributed by atoms with van der Waals surface area (Å²) in [5, 5.41) is 0. The van der Waals surface area contributed by atoms with Crippen LogP contribution in [-0.4, -0.2) is 35.4 Å². The molecule has 1 nitrogen and oxygen atoms in total. The molecular weight excluding hydrogens is 88.3 g/mol. The zero-order valence-corrected chi connectivity index (χ0v) is 5.65. The molecule has 0 amide bonds. The third-order valence-electron chi connectivity index (χ3n) is 0.598. The second-order valence-corrected chi connectivity index (χ2v) is 1.91. The summed E-state index contributed by atoms with van der Waals surface area (Å²) in [6.07, 6.45) is 1.20. The molecule has 0 aliphatic rings. The fraction of sp³-hybridized carbons (Fsp3) is 1.00. The van der Waals surface area contributed by atoms with Gasteiger partial charge in [0.1, 0.15) is 0 Å². The van der Waals surface area contributed by atoms with Gasteiger partial charge >= 0.3 is 51.1 Å². The average molecular weight is 97.4 g/mol. The first-order valence-electron chi connectivity index (χ1n) is 2.20. The Morgan fingerprint density at radius 3 is 2.50 bits per heavy atom. The van der Waals surface area contributed by atoms with E-state index in [0.717, 1.165) is 6.61 Å². The summed E-state index contributed by atoms with van der Waals surface area (Å²) in [4.78, 5) is 0. The molecule has 0 saturated heterocycles. The van der Waals surface area contributed by atoms with Gasteiger partial charge in [-0.3, -0.25) is 0 Å². The van der Waals surface area contributed by atoms with Crippen LogP contribution in [0.1, 0.15) is 6.42 Å².